The molecule has 0 aromatic heterocycles. The lowest BCUT2D eigenvalue weighted by Gasteiger charge is -2.19. The Morgan fingerprint density at radius 2 is 2.05 bits per heavy atom. The molecule has 5 N–H and O–H groups in total. The number of carboxylic acid groups (broad SMARTS) is 1. The number of aliphatic carboxylic acids is 1. The number of nitrogens with two attached hydrogens (primary N) is 1. The molecule has 0 spiro atoms. The van der Waals surface area contributed by atoms with Gasteiger partial charge in [0.25, 0.3) is 5.69 Å². The summed E-state index contributed by atoms with van der Waals surface area (Å²) in [6.45, 7) is 1.52. The zero-order valence-corrected chi connectivity index (χ0v) is 10.1. The molecule has 0 aliphatic heterocycles. The van der Waals surface area contributed by atoms with Crippen molar-refractivity contribution in [2.24, 2.45) is 0 Å². The van der Waals surface area contributed by atoms with Crippen LogP contribution in [-0.4, -0.2) is 32.3 Å². The predicted octanol–water partition coefficient (Wildman–Crippen LogP) is 0.354. The largest absolute Gasteiger partial charge is 0.481 e. The van der Waals surface area contributed by atoms with Crippen molar-refractivity contribution in [3.63, 3.8) is 0 Å². The number of aliphatic hydroxyl groups excluding tert-OH is 2. The fourth-order valence-corrected chi connectivity index (χ4v) is 1.65. The molecule has 0 bridgehead atoms. The molecule has 8 nitrogen and oxygen atoms in total. The van der Waals surface area contributed by atoms with Gasteiger partial charge in [0.1, 0.15) is 6.10 Å². The van der Waals surface area contributed by atoms with Crippen LogP contribution in [0.15, 0.2) is 12.1 Å². The molecule has 0 aliphatic carbocycles. The van der Waals surface area contributed by atoms with E-state index in [1.807, 2.05) is 0 Å². The molecule has 104 valence electrons. The zero-order chi connectivity index (χ0) is 14.7. The van der Waals surface area contributed by atoms with Crippen LogP contribution >= 0.6 is 0 Å². The number of nitro benzene ring substituents is 1. The fourth-order valence-electron chi connectivity index (χ4n) is 1.65. The van der Waals surface area contributed by atoms with Gasteiger partial charge in [-0.25, -0.2) is 0 Å². The first kappa shape index (κ1) is 14.9. The highest BCUT2D eigenvalue weighted by Gasteiger charge is 2.25. The topological polar surface area (TPSA) is 147 Å². The van der Waals surface area contributed by atoms with Crippen LogP contribution in [-0.2, 0) is 4.79 Å². The third-order valence-corrected chi connectivity index (χ3v) is 2.68. The molecule has 1 aromatic rings. The number of aliphatic hydroxyl groups is 2. The summed E-state index contributed by atoms with van der Waals surface area (Å²) in [5.41, 5.74) is 5.79. The molecular formula is C11H14N2O6. The van der Waals surface area contributed by atoms with Crippen molar-refractivity contribution in [2.75, 3.05) is 5.73 Å². The SMILES string of the molecule is Cc1cc([N+](=O)[O-])cc(C(O)C(O)CC(=O)O)c1N. The zero-order valence-electron chi connectivity index (χ0n) is 10.1. The Kier molecular flexibility index (Phi) is 4.41. The number of anilines is 1. The minimum Gasteiger partial charge on any atom is -0.481 e. The van der Waals surface area contributed by atoms with Gasteiger partial charge in [0.05, 0.1) is 17.4 Å². The Labute approximate surface area is 108 Å². The minimum absolute atomic E-state index is 0.0551. The second-order valence-electron chi connectivity index (χ2n) is 4.13. The van der Waals surface area contributed by atoms with Crippen molar-refractivity contribution in [1.82, 2.24) is 0 Å². The fraction of sp³-hybridized carbons (Fsp3) is 0.364. The van der Waals surface area contributed by atoms with Crippen molar-refractivity contribution in [3.8, 4) is 0 Å². The molecule has 1 rings (SSSR count). The molecular weight excluding hydrogens is 256 g/mol. The van der Waals surface area contributed by atoms with E-state index in [2.05, 4.69) is 0 Å². The number of aryl methyl sites for hydroxylation is 1. The number of hydrogen-bond donors (Lipinski definition) is 4. The third kappa shape index (κ3) is 3.39. The maximum Gasteiger partial charge on any atom is 0.306 e. The Morgan fingerprint density at radius 1 is 1.47 bits per heavy atom. The molecule has 0 saturated carbocycles. The third-order valence-electron chi connectivity index (χ3n) is 2.68. The molecule has 0 aliphatic rings. The van der Waals surface area contributed by atoms with E-state index >= 15 is 0 Å². The van der Waals surface area contributed by atoms with Gasteiger partial charge < -0.3 is 21.1 Å². The van der Waals surface area contributed by atoms with E-state index < -0.39 is 29.5 Å². The van der Waals surface area contributed by atoms with Crippen LogP contribution in [0.1, 0.15) is 23.7 Å². The van der Waals surface area contributed by atoms with Crippen LogP contribution in [0.3, 0.4) is 0 Å². The molecule has 2 atom stereocenters. The van der Waals surface area contributed by atoms with Crippen molar-refractivity contribution >= 4 is 17.3 Å². The lowest BCUT2D eigenvalue weighted by molar-refractivity contribution is -0.385. The summed E-state index contributed by atoms with van der Waals surface area (Å²) < 4.78 is 0. The van der Waals surface area contributed by atoms with E-state index in [4.69, 9.17) is 10.8 Å². The molecule has 0 fully saturated rings. The van der Waals surface area contributed by atoms with E-state index in [1.54, 1.807) is 0 Å². The summed E-state index contributed by atoms with van der Waals surface area (Å²) in [5.74, 6) is -1.30. The minimum atomic E-state index is -1.60. The Hall–Kier alpha value is -2.19. The molecule has 0 amide bonds. The summed E-state index contributed by atoms with van der Waals surface area (Å²) in [7, 11) is 0. The molecule has 0 saturated heterocycles. The first-order valence-corrected chi connectivity index (χ1v) is 5.36. The normalized spacial score (nSPS) is 13.8. The second-order valence-corrected chi connectivity index (χ2v) is 4.13. The van der Waals surface area contributed by atoms with E-state index in [0.29, 0.717) is 5.56 Å². The van der Waals surface area contributed by atoms with Gasteiger partial charge in [0, 0.05) is 23.4 Å². The summed E-state index contributed by atoms with van der Waals surface area (Å²) >= 11 is 0. The first-order chi connectivity index (χ1) is 8.73. The monoisotopic (exact) mass is 270 g/mol. The van der Waals surface area contributed by atoms with Crippen molar-refractivity contribution in [3.05, 3.63) is 33.4 Å². The van der Waals surface area contributed by atoms with Gasteiger partial charge in [-0.15, -0.1) is 0 Å². The van der Waals surface area contributed by atoms with Crippen LogP contribution < -0.4 is 5.73 Å². The molecule has 19 heavy (non-hydrogen) atoms. The quantitative estimate of drug-likeness (QED) is 0.343. The van der Waals surface area contributed by atoms with Crippen molar-refractivity contribution in [2.45, 2.75) is 25.6 Å². The number of nitro groups is 1. The van der Waals surface area contributed by atoms with E-state index in [0.717, 1.165) is 6.07 Å². The highest BCUT2D eigenvalue weighted by Crippen LogP contribution is 2.31. The Morgan fingerprint density at radius 3 is 2.53 bits per heavy atom. The van der Waals surface area contributed by atoms with Gasteiger partial charge >= 0.3 is 5.97 Å². The number of carboxylic acids is 1. The van der Waals surface area contributed by atoms with Gasteiger partial charge in [-0.05, 0) is 12.5 Å². The Bertz CT molecular complexity index is 516. The van der Waals surface area contributed by atoms with E-state index in [9.17, 15) is 25.1 Å². The van der Waals surface area contributed by atoms with Crippen LogP contribution in [0.4, 0.5) is 11.4 Å². The number of nitrogen functional groups attached to an aromatic ring is 1. The van der Waals surface area contributed by atoms with Gasteiger partial charge in [-0.3, -0.25) is 14.9 Å². The summed E-state index contributed by atoms with van der Waals surface area (Å²) in [6, 6.07) is 2.26. The van der Waals surface area contributed by atoms with Crippen molar-refractivity contribution in [1.29, 1.82) is 0 Å². The maximum absolute atomic E-state index is 10.7. The second kappa shape index (κ2) is 5.63. The Balaban J connectivity index is 3.18. The lowest BCUT2D eigenvalue weighted by Crippen LogP contribution is -2.23. The van der Waals surface area contributed by atoms with Gasteiger partial charge in [0.2, 0.25) is 0 Å². The van der Waals surface area contributed by atoms with Crippen LogP contribution in [0, 0.1) is 17.0 Å². The number of nitrogens with zero attached hydrogens (tertiary/aromatic N) is 1. The molecule has 8 heteroatoms. The van der Waals surface area contributed by atoms with Crippen LogP contribution in [0.25, 0.3) is 0 Å². The predicted molar refractivity (Wildman–Crippen MR) is 65.5 cm³/mol. The van der Waals surface area contributed by atoms with Gasteiger partial charge in [0.15, 0.2) is 0 Å². The highest BCUT2D eigenvalue weighted by molar-refractivity contribution is 5.68. The summed E-state index contributed by atoms with van der Waals surface area (Å²) in [4.78, 5) is 20.5. The lowest BCUT2D eigenvalue weighted by atomic mass is 9.97. The smallest absolute Gasteiger partial charge is 0.306 e. The van der Waals surface area contributed by atoms with E-state index in [1.165, 1.54) is 13.0 Å². The first-order valence-electron chi connectivity index (χ1n) is 5.36. The average molecular weight is 270 g/mol. The number of carbonyl (C=O) groups is 1. The summed E-state index contributed by atoms with van der Waals surface area (Å²) in [5, 5.41) is 38.6. The molecule has 0 heterocycles. The van der Waals surface area contributed by atoms with Crippen LogP contribution in [0.2, 0.25) is 0 Å². The molecule has 1 aromatic carbocycles. The standard InChI is InChI=1S/C11H14N2O6/c1-5-2-6(13(18)19)3-7(10(5)12)11(17)8(14)4-9(15)16/h2-3,8,11,14,17H,4,12H2,1H3,(H,15,16). The average Bonchev–Trinajstić information content (AvgIpc) is 2.30. The summed E-state index contributed by atoms with van der Waals surface area (Å²) in [6.07, 6.45) is -3.89. The molecule has 0 radical (unpaired) electrons. The molecule has 2 unspecified atom stereocenters. The number of hydrogen-bond acceptors (Lipinski definition) is 6. The van der Waals surface area contributed by atoms with Crippen molar-refractivity contribution < 1.29 is 25.0 Å². The van der Waals surface area contributed by atoms with E-state index in [-0.39, 0.29) is 16.9 Å². The van der Waals surface area contributed by atoms with Gasteiger partial charge in [-0.1, -0.05) is 0 Å². The van der Waals surface area contributed by atoms with Crippen LogP contribution in [0.5, 0.6) is 0 Å². The highest BCUT2D eigenvalue weighted by atomic mass is 16.6. The maximum atomic E-state index is 10.7. The number of non-ortho nitro benzene ring substituents is 1. The van der Waals surface area contributed by atoms with Gasteiger partial charge in [-0.2, -0.15) is 0 Å². The number of rotatable bonds is 5. The number of benzene rings is 1.